The first kappa shape index (κ1) is 14.2. The number of nitrogens with zero attached hydrogens (tertiary/aromatic N) is 1. The van der Waals surface area contributed by atoms with Gasteiger partial charge in [0.1, 0.15) is 5.71 Å². The zero-order chi connectivity index (χ0) is 14.7. The molecule has 0 amide bonds. The summed E-state index contributed by atoms with van der Waals surface area (Å²) in [5, 5.41) is 4.12. The van der Waals surface area contributed by atoms with Crippen LogP contribution in [0.3, 0.4) is 0 Å². The van der Waals surface area contributed by atoms with E-state index in [0.29, 0.717) is 21.9 Å². The third kappa shape index (κ3) is 3.03. The van der Waals surface area contributed by atoms with E-state index in [4.69, 9.17) is 16.4 Å². The molecule has 0 bridgehead atoms. The van der Waals surface area contributed by atoms with Gasteiger partial charge in [-0.3, -0.25) is 4.79 Å². The standard InChI is InChI=1S/C15H12ClNO3/c1-9-7-11(18)8-10(2)14(9)17-20-15(19)12-5-3-4-6-13(12)16/h3-8H,1-2H3. The number of hydrogen-bond acceptors (Lipinski definition) is 4. The Kier molecular flexibility index (Phi) is 4.15. The Labute approximate surface area is 121 Å². The smallest absolute Gasteiger partial charge is 0.312 e. The van der Waals surface area contributed by atoms with Crippen LogP contribution in [0.4, 0.5) is 0 Å². The van der Waals surface area contributed by atoms with E-state index < -0.39 is 5.97 Å². The van der Waals surface area contributed by atoms with Gasteiger partial charge in [0.2, 0.25) is 0 Å². The van der Waals surface area contributed by atoms with Crippen molar-refractivity contribution in [2.75, 3.05) is 0 Å². The molecule has 102 valence electrons. The second-order valence-electron chi connectivity index (χ2n) is 4.36. The quantitative estimate of drug-likeness (QED) is 0.477. The van der Waals surface area contributed by atoms with E-state index in [0.717, 1.165) is 0 Å². The average Bonchev–Trinajstić information content (AvgIpc) is 2.37. The Morgan fingerprint density at radius 3 is 2.35 bits per heavy atom. The minimum absolute atomic E-state index is 0.101. The van der Waals surface area contributed by atoms with Crippen LogP contribution in [0.5, 0.6) is 0 Å². The van der Waals surface area contributed by atoms with Crippen molar-refractivity contribution in [1.29, 1.82) is 0 Å². The summed E-state index contributed by atoms with van der Waals surface area (Å²) in [7, 11) is 0. The Hall–Kier alpha value is -2.20. The molecule has 0 saturated heterocycles. The second kappa shape index (κ2) is 5.84. The minimum Gasteiger partial charge on any atom is -0.312 e. The molecular formula is C15H12ClNO3. The maximum absolute atomic E-state index is 11.9. The second-order valence-corrected chi connectivity index (χ2v) is 4.76. The van der Waals surface area contributed by atoms with Crippen LogP contribution in [0.1, 0.15) is 24.2 Å². The Balaban J connectivity index is 2.20. The van der Waals surface area contributed by atoms with Crippen LogP contribution < -0.4 is 0 Å². The molecule has 0 spiro atoms. The third-order valence-electron chi connectivity index (χ3n) is 2.78. The van der Waals surface area contributed by atoms with Gasteiger partial charge >= 0.3 is 5.97 Å². The predicted molar refractivity (Wildman–Crippen MR) is 76.8 cm³/mol. The molecule has 4 nitrogen and oxygen atoms in total. The van der Waals surface area contributed by atoms with Gasteiger partial charge in [-0.05, 0) is 49.3 Å². The molecule has 1 aliphatic rings. The fourth-order valence-corrected chi connectivity index (χ4v) is 2.04. The molecule has 20 heavy (non-hydrogen) atoms. The van der Waals surface area contributed by atoms with E-state index >= 15 is 0 Å². The number of benzene rings is 1. The van der Waals surface area contributed by atoms with E-state index in [1.165, 1.54) is 12.2 Å². The summed E-state index contributed by atoms with van der Waals surface area (Å²) < 4.78 is 0. The summed E-state index contributed by atoms with van der Waals surface area (Å²) >= 11 is 5.90. The molecule has 0 heterocycles. The van der Waals surface area contributed by atoms with Crippen molar-refractivity contribution in [3.63, 3.8) is 0 Å². The summed E-state index contributed by atoms with van der Waals surface area (Å²) in [6, 6.07) is 6.56. The van der Waals surface area contributed by atoms with Gasteiger partial charge in [0, 0.05) is 0 Å². The fourth-order valence-electron chi connectivity index (χ4n) is 1.82. The number of carbonyl (C=O) groups excluding carboxylic acids is 2. The summed E-state index contributed by atoms with van der Waals surface area (Å²) in [6.07, 6.45) is 2.88. The van der Waals surface area contributed by atoms with Crippen molar-refractivity contribution in [3.8, 4) is 0 Å². The Morgan fingerprint density at radius 1 is 1.15 bits per heavy atom. The van der Waals surface area contributed by atoms with Crippen LogP contribution in [-0.4, -0.2) is 17.5 Å². The Morgan fingerprint density at radius 2 is 1.75 bits per heavy atom. The highest BCUT2D eigenvalue weighted by Crippen LogP contribution is 2.18. The molecule has 0 atom stereocenters. The first-order valence-corrected chi connectivity index (χ1v) is 6.32. The maximum Gasteiger partial charge on any atom is 0.367 e. The van der Waals surface area contributed by atoms with Crippen LogP contribution >= 0.6 is 11.6 Å². The number of oxime groups is 1. The zero-order valence-corrected chi connectivity index (χ0v) is 11.8. The van der Waals surface area contributed by atoms with Crippen LogP contribution in [0.2, 0.25) is 5.02 Å². The highest BCUT2D eigenvalue weighted by molar-refractivity contribution is 6.33. The van der Waals surface area contributed by atoms with Gasteiger partial charge in [0.25, 0.3) is 0 Å². The summed E-state index contributed by atoms with van der Waals surface area (Å²) in [5.41, 5.74) is 2.03. The molecule has 0 saturated carbocycles. The van der Waals surface area contributed by atoms with Crippen LogP contribution in [0.15, 0.2) is 52.7 Å². The number of ketones is 1. The van der Waals surface area contributed by atoms with Crippen LogP contribution in [-0.2, 0) is 9.63 Å². The normalized spacial score (nSPS) is 14.6. The molecule has 0 aliphatic heterocycles. The molecule has 0 aromatic heterocycles. The van der Waals surface area contributed by atoms with E-state index in [1.807, 2.05) is 0 Å². The van der Waals surface area contributed by atoms with E-state index in [9.17, 15) is 9.59 Å². The lowest BCUT2D eigenvalue weighted by atomic mass is 9.98. The summed E-state index contributed by atoms with van der Waals surface area (Å²) in [4.78, 5) is 28.1. The molecule has 5 heteroatoms. The summed E-state index contributed by atoms with van der Waals surface area (Å²) in [6.45, 7) is 3.47. The van der Waals surface area contributed by atoms with Gasteiger partial charge in [-0.15, -0.1) is 0 Å². The number of allylic oxidation sites excluding steroid dienone is 4. The topological polar surface area (TPSA) is 55.7 Å². The fraction of sp³-hybridized carbons (Fsp3) is 0.133. The van der Waals surface area contributed by atoms with Crippen molar-refractivity contribution < 1.29 is 14.4 Å². The monoisotopic (exact) mass is 289 g/mol. The van der Waals surface area contributed by atoms with Crippen LogP contribution in [0, 0.1) is 0 Å². The van der Waals surface area contributed by atoms with E-state index in [-0.39, 0.29) is 11.3 Å². The lowest BCUT2D eigenvalue weighted by molar-refractivity contribution is -0.110. The SMILES string of the molecule is CC1=CC(=O)C=C(C)C1=NOC(=O)c1ccccc1Cl. The van der Waals surface area contributed by atoms with Gasteiger partial charge in [-0.2, -0.15) is 0 Å². The highest BCUT2D eigenvalue weighted by atomic mass is 35.5. The van der Waals surface area contributed by atoms with E-state index in [2.05, 4.69) is 5.16 Å². The summed E-state index contributed by atoms with van der Waals surface area (Å²) in [5.74, 6) is -0.739. The van der Waals surface area contributed by atoms with Crippen molar-refractivity contribution >= 4 is 29.1 Å². The van der Waals surface area contributed by atoms with Gasteiger partial charge in [0.15, 0.2) is 5.78 Å². The lowest BCUT2D eigenvalue weighted by Crippen LogP contribution is -2.13. The zero-order valence-electron chi connectivity index (χ0n) is 11.0. The van der Waals surface area contributed by atoms with Gasteiger partial charge in [-0.1, -0.05) is 28.9 Å². The average molecular weight is 290 g/mol. The predicted octanol–water partition coefficient (Wildman–Crippen LogP) is 3.33. The molecule has 0 unspecified atom stereocenters. The third-order valence-corrected chi connectivity index (χ3v) is 3.11. The van der Waals surface area contributed by atoms with Crippen molar-refractivity contribution in [2.24, 2.45) is 5.16 Å². The molecule has 2 rings (SSSR count). The molecular weight excluding hydrogens is 278 g/mol. The molecule has 1 aromatic rings. The number of hydrogen-bond donors (Lipinski definition) is 0. The van der Waals surface area contributed by atoms with Crippen molar-refractivity contribution in [3.05, 3.63) is 58.1 Å². The Bertz CT molecular complexity index is 647. The molecule has 1 aliphatic carbocycles. The van der Waals surface area contributed by atoms with Crippen molar-refractivity contribution in [2.45, 2.75) is 13.8 Å². The van der Waals surface area contributed by atoms with E-state index in [1.54, 1.807) is 38.1 Å². The lowest BCUT2D eigenvalue weighted by Gasteiger charge is -2.10. The number of carbonyl (C=O) groups is 2. The van der Waals surface area contributed by atoms with Gasteiger partial charge in [0.05, 0.1) is 10.6 Å². The molecule has 0 fully saturated rings. The van der Waals surface area contributed by atoms with Crippen LogP contribution in [0.25, 0.3) is 0 Å². The molecule has 0 N–H and O–H groups in total. The largest absolute Gasteiger partial charge is 0.367 e. The van der Waals surface area contributed by atoms with Gasteiger partial charge in [-0.25, -0.2) is 4.79 Å². The highest BCUT2D eigenvalue weighted by Gasteiger charge is 2.16. The number of halogens is 1. The number of rotatable bonds is 2. The maximum atomic E-state index is 11.9. The molecule has 1 aromatic carbocycles. The first-order chi connectivity index (χ1) is 9.49. The van der Waals surface area contributed by atoms with Crippen molar-refractivity contribution in [1.82, 2.24) is 0 Å². The minimum atomic E-state index is -0.638. The molecule has 0 radical (unpaired) electrons. The first-order valence-electron chi connectivity index (χ1n) is 5.94. The van der Waals surface area contributed by atoms with Gasteiger partial charge < -0.3 is 4.84 Å².